The lowest BCUT2D eigenvalue weighted by Gasteiger charge is -2.43. The smallest absolute Gasteiger partial charge is 0.410 e. The molecule has 1 heterocycles. The molecule has 2 amide bonds. The molecule has 1 aromatic rings. The second-order valence-electron chi connectivity index (χ2n) is 12.7. The van der Waals surface area contributed by atoms with E-state index in [-0.39, 0.29) is 53.9 Å². The summed E-state index contributed by atoms with van der Waals surface area (Å²) in [5.41, 5.74) is 0.429. The van der Waals surface area contributed by atoms with Crippen LogP contribution in [0.25, 0.3) is 0 Å². The first kappa shape index (κ1) is 26.9. The average Bonchev–Trinajstić information content (AvgIpc) is 3.26. The highest BCUT2D eigenvalue weighted by Gasteiger charge is 2.59. The summed E-state index contributed by atoms with van der Waals surface area (Å²) in [6, 6.07) is 4.96. The van der Waals surface area contributed by atoms with Crippen molar-refractivity contribution in [2.24, 2.45) is 16.7 Å². The summed E-state index contributed by atoms with van der Waals surface area (Å²) in [6.07, 6.45) is 2.98. The van der Waals surface area contributed by atoms with Crippen molar-refractivity contribution in [3.05, 3.63) is 29.3 Å². The molecule has 3 aliphatic rings. The summed E-state index contributed by atoms with van der Waals surface area (Å²) in [5.74, 6) is 0.370. The minimum absolute atomic E-state index is 0.01000. The number of hydrogen-bond donors (Lipinski definition) is 1. The number of carbonyl (C=O) groups is 2. The van der Waals surface area contributed by atoms with Gasteiger partial charge in [-0.2, -0.15) is 4.31 Å². The van der Waals surface area contributed by atoms with Crippen LogP contribution in [0.1, 0.15) is 76.7 Å². The van der Waals surface area contributed by atoms with Gasteiger partial charge in [0.1, 0.15) is 5.60 Å². The van der Waals surface area contributed by atoms with Gasteiger partial charge in [0.05, 0.1) is 4.90 Å². The molecule has 1 saturated heterocycles. The number of rotatable bonds is 4. The maximum absolute atomic E-state index is 13.6. The fourth-order valence-corrected chi connectivity index (χ4v) is 8.15. The lowest BCUT2D eigenvalue weighted by Crippen LogP contribution is -2.52. The van der Waals surface area contributed by atoms with E-state index in [9.17, 15) is 18.0 Å². The van der Waals surface area contributed by atoms with E-state index in [0.29, 0.717) is 17.0 Å². The molecule has 3 atom stereocenters. The molecule has 36 heavy (non-hydrogen) atoms. The van der Waals surface area contributed by atoms with Crippen LogP contribution in [0.15, 0.2) is 23.1 Å². The Morgan fingerprint density at radius 3 is 2.28 bits per heavy atom. The van der Waals surface area contributed by atoms with Crippen LogP contribution in [-0.2, 0) is 14.8 Å². The summed E-state index contributed by atoms with van der Waals surface area (Å²) in [6.45, 7) is 14.7. The lowest BCUT2D eigenvalue weighted by molar-refractivity contribution is 0.0192. The van der Waals surface area contributed by atoms with Crippen molar-refractivity contribution in [2.45, 2.75) is 84.3 Å². The number of nitrogens with one attached hydrogen (secondary N) is 1. The molecule has 2 saturated carbocycles. The Labute approximate surface area is 215 Å². The topological polar surface area (TPSA) is 96.0 Å². The Bertz CT molecular complexity index is 1140. The number of nitrogens with zero attached hydrogens (tertiary/aromatic N) is 2. The number of aryl methyl sites for hydroxylation is 1. The minimum atomic E-state index is -3.83. The summed E-state index contributed by atoms with van der Waals surface area (Å²) in [5, 5.41) is 3.27. The second kappa shape index (κ2) is 9.01. The van der Waals surface area contributed by atoms with E-state index in [0.717, 1.165) is 12.8 Å². The number of amides is 2. The van der Waals surface area contributed by atoms with E-state index in [4.69, 9.17) is 4.74 Å². The maximum Gasteiger partial charge on any atom is 0.410 e. The van der Waals surface area contributed by atoms with Crippen LogP contribution in [0.3, 0.4) is 0 Å². The summed E-state index contributed by atoms with van der Waals surface area (Å²) >= 11 is 0. The van der Waals surface area contributed by atoms with Gasteiger partial charge >= 0.3 is 6.09 Å². The van der Waals surface area contributed by atoms with Gasteiger partial charge in [-0.15, -0.1) is 0 Å². The van der Waals surface area contributed by atoms with E-state index in [2.05, 4.69) is 26.1 Å². The first-order chi connectivity index (χ1) is 16.5. The number of carbonyl (C=O) groups excluding carboxylic acids is 2. The zero-order valence-electron chi connectivity index (χ0n) is 22.7. The van der Waals surface area contributed by atoms with Crippen LogP contribution < -0.4 is 5.32 Å². The number of ether oxygens (including phenoxy) is 1. The van der Waals surface area contributed by atoms with Crippen LogP contribution in [0, 0.1) is 23.7 Å². The van der Waals surface area contributed by atoms with Crippen LogP contribution >= 0.6 is 0 Å². The quantitative estimate of drug-likeness (QED) is 0.644. The molecule has 1 aromatic carbocycles. The molecule has 0 aromatic heterocycles. The third-order valence-electron chi connectivity index (χ3n) is 8.50. The number of fused-ring (bicyclic) bond motifs is 2. The van der Waals surface area contributed by atoms with Crippen molar-refractivity contribution in [2.75, 3.05) is 26.2 Å². The molecule has 1 unspecified atom stereocenters. The van der Waals surface area contributed by atoms with Crippen LogP contribution in [0.4, 0.5) is 4.79 Å². The molecule has 2 bridgehead atoms. The molecule has 2 aliphatic carbocycles. The van der Waals surface area contributed by atoms with Crippen molar-refractivity contribution >= 4 is 22.0 Å². The largest absolute Gasteiger partial charge is 0.444 e. The van der Waals surface area contributed by atoms with Gasteiger partial charge in [-0.05, 0) is 81.4 Å². The molecule has 8 nitrogen and oxygen atoms in total. The normalized spacial score (nSPS) is 28.2. The Morgan fingerprint density at radius 1 is 1.08 bits per heavy atom. The van der Waals surface area contributed by atoms with Gasteiger partial charge in [-0.1, -0.05) is 26.8 Å². The summed E-state index contributed by atoms with van der Waals surface area (Å²) in [7, 11) is -3.83. The highest BCUT2D eigenvalue weighted by atomic mass is 32.2. The van der Waals surface area contributed by atoms with Gasteiger partial charge in [0.25, 0.3) is 5.91 Å². The average molecular weight is 520 g/mol. The molecule has 1 N–H and O–H groups in total. The molecule has 0 radical (unpaired) electrons. The fourth-order valence-electron chi connectivity index (χ4n) is 6.47. The molecule has 200 valence electrons. The van der Waals surface area contributed by atoms with E-state index in [1.807, 2.05) is 0 Å². The molecule has 3 fully saturated rings. The highest BCUT2D eigenvalue weighted by Crippen LogP contribution is 2.62. The van der Waals surface area contributed by atoms with Crippen molar-refractivity contribution in [3.63, 3.8) is 0 Å². The van der Waals surface area contributed by atoms with Crippen molar-refractivity contribution in [3.8, 4) is 0 Å². The number of benzene rings is 1. The van der Waals surface area contributed by atoms with Gasteiger partial charge in [-0.25, -0.2) is 13.2 Å². The van der Waals surface area contributed by atoms with Crippen LogP contribution in [-0.4, -0.2) is 67.4 Å². The summed E-state index contributed by atoms with van der Waals surface area (Å²) < 4.78 is 33.9. The highest BCUT2D eigenvalue weighted by molar-refractivity contribution is 7.89. The molecule has 1 aliphatic heterocycles. The molecule has 0 spiro atoms. The van der Waals surface area contributed by atoms with Gasteiger partial charge in [-0.3, -0.25) is 4.79 Å². The summed E-state index contributed by atoms with van der Waals surface area (Å²) in [4.78, 5) is 27.4. The predicted molar refractivity (Wildman–Crippen MR) is 138 cm³/mol. The Kier molecular flexibility index (Phi) is 6.74. The van der Waals surface area contributed by atoms with Crippen molar-refractivity contribution in [1.82, 2.24) is 14.5 Å². The van der Waals surface area contributed by atoms with Crippen molar-refractivity contribution in [1.29, 1.82) is 0 Å². The number of sulfonamides is 1. The zero-order valence-corrected chi connectivity index (χ0v) is 23.5. The first-order valence-corrected chi connectivity index (χ1v) is 14.4. The second-order valence-corrected chi connectivity index (χ2v) is 14.6. The Morgan fingerprint density at radius 2 is 1.72 bits per heavy atom. The van der Waals surface area contributed by atoms with Gasteiger partial charge in [0.15, 0.2) is 0 Å². The SMILES string of the molecule is Cc1ccc(C(=O)NC2C(C)(C)[C@@H]3CC[C@]2(C)C3)cc1S(=O)(=O)N1CCN(C(=O)OC(C)(C)C)CC1. The van der Waals surface area contributed by atoms with Crippen molar-refractivity contribution < 1.29 is 22.7 Å². The minimum Gasteiger partial charge on any atom is -0.444 e. The predicted octanol–water partition coefficient (Wildman–Crippen LogP) is 4.18. The third kappa shape index (κ3) is 4.88. The zero-order chi connectivity index (χ0) is 26.7. The fraction of sp³-hybridized carbons (Fsp3) is 0.704. The van der Waals surface area contributed by atoms with E-state index >= 15 is 0 Å². The maximum atomic E-state index is 13.6. The molecular weight excluding hydrogens is 478 g/mol. The lowest BCUT2D eigenvalue weighted by atomic mass is 9.68. The monoisotopic (exact) mass is 519 g/mol. The Balaban J connectivity index is 1.48. The molecule has 4 rings (SSSR count). The van der Waals surface area contributed by atoms with Crippen LogP contribution in [0.5, 0.6) is 0 Å². The van der Waals surface area contributed by atoms with Crippen LogP contribution in [0.2, 0.25) is 0 Å². The number of piperazine rings is 1. The van der Waals surface area contributed by atoms with Gasteiger partial charge in [0, 0.05) is 37.8 Å². The first-order valence-electron chi connectivity index (χ1n) is 12.9. The standard InChI is InChI=1S/C27H41N3O5S/c1-18-8-9-19(22(31)28-23-26(5,6)20-10-11-27(23,7)17-20)16-21(18)36(33,34)30-14-12-29(13-15-30)24(32)35-25(2,3)4/h8-9,16,20,23H,10-15,17H2,1-7H3,(H,28,31)/t20-,23?,27-/m1/s1. The number of hydrogen-bond acceptors (Lipinski definition) is 5. The molecule has 9 heteroatoms. The Hall–Kier alpha value is -2.13. The van der Waals surface area contributed by atoms with E-state index in [1.165, 1.54) is 21.7 Å². The van der Waals surface area contributed by atoms with E-state index < -0.39 is 21.7 Å². The van der Waals surface area contributed by atoms with E-state index in [1.54, 1.807) is 39.8 Å². The van der Waals surface area contributed by atoms with Gasteiger partial charge < -0.3 is 15.0 Å². The van der Waals surface area contributed by atoms with Gasteiger partial charge in [0.2, 0.25) is 10.0 Å². The third-order valence-corrected chi connectivity index (χ3v) is 10.5. The molecular formula is C27H41N3O5S.